The second-order valence-electron chi connectivity index (χ2n) is 6.10. The Morgan fingerprint density at radius 3 is 2.68 bits per heavy atom. The predicted molar refractivity (Wildman–Crippen MR) is 98.5 cm³/mol. The van der Waals surface area contributed by atoms with Crippen molar-refractivity contribution in [2.45, 2.75) is 57.1 Å². The summed E-state index contributed by atoms with van der Waals surface area (Å²) in [6, 6.07) is 0.209. The molecule has 2 unspecified atom stereocenters. The number of halogens is 1. The number of carbonyl (C=O) groups excluding carboxylic acids is 1. The van der Waals surface area contributed by atoms with Gasteiger partial charge in [0.2, 0.25) is 5.91 Å². The molecule has 1 saturated heterocycles. The van der Waals surface area contributed by atoms with Crippen molar-refractivity contribution in [3.05, 3.63) is 0 Å². The Bertz CT molecular complexity index is 363. The van der Waals surface area contributed by atoms with Crippen molar-refractivity contribution < 1.29 is 9.90 Å². The smallest absolute Gasteiger partial charge is 0.220 e. The summed E-state index contributed by atoms with van der Waals surface area (Å²) in [5.41, 5.74) is 0. The number of aliphatic imine (C=N–C) groups is 1. The average molecular weight is 424 g/mol. The molecule has 128 valence electrons. The van der Waals surface area contributed by atoms with Crippen molar-refractivity contribution in [2.75, 3.05) is 20.1 Å². The van der Waals surface area contributed by atoms with Gasteiger partial charge in [0.05, 0.1) is 6.10 Å². The number of piperidine rings is 1. The maximum atomic E-state index is 11.1. The van der Waals surface area contributed by atoms with Gasteiger partial charge in [0.25, 0.3) is 0 Å². The van der Waals surface area contributed by atoms with Gasteiger partial charge in [-0.2, -0.15) is 0 Å². The van der Waals surface area contributed by atoms with Crippen molar-refractivity contribution in [3.8, 4) is 0 Å². The van der Waals surface area contributed by atoms with Crippen LogP contribution < -0.4 is 16.0 Å². The zero-order chi connectivity index (χ0) is 15.1. The van der Waals surface area contributed by atoms with Crippen LogP contribution in [0.5, 0.6) is 0 Å². The van der Waals surface area contributed by atoms with Crippen LogP contribution in [0.3, 0.4) is 0 Å². The van der Waals surface area contributed by atoms with Gasteiger partial charge in [-0.3, -0.25) is 9.79 Å². The van der Waals surface area contributed by atoms with Gasteiger partial charge in [-0.25, -0.2) is 0 Å². The lowest BCUT2D eigenvalue weighted by Gasteiger charge is -2.28. The van der Waals surface area contributed by atoms with Gasteiger partial charge < -0.3 is 21.1 Å². The molecule has 1 saturated carbocycles. The molecule has 2 aliphatic rings. The number of aliphatic hydroxyl groups is 1. The minimum atomic E-state index is -0.310. The van der Waals surface area contributed by atoms with Crippen molar-refractivity contribution in [1.82, 2.24) is 16.0 Å². The minimum Gasteiger partial charge on any atom is -0.391 e. The fourth-order valence-electron chi connectivity index (χ4n) is 3.13. The highest BCUT2D eigenvalue weighted by atomic mass is 127. The van der Waals surface area contributed by atoms with E-state index in [0.29, 0.717) is 31.4 Å². The number of rotatable bonds is 4. The van der Waals surface area contributed by atoms with E-state index in [2.05, 4.69) is 20.9 Å². The lowest BCUT2D eigenvalue weighted by molar-refractivity contribution is -0.122. The van der Waals surface area contributed by atoms with E-state index in [-0.39, 0.29) is 42.0 Å². The van der Waals surface area contributed by atoms with Gasteiger partial charge in [0.1, 0.15) is 0 Å². The Morgan fingerprint density at radius 1 is 1.36 bits per heavy atom. The number of carbonyl (C=O) groups is 1. The van der Waals surface area contributed by atoms with Crippen LogP contribution in [0.15, 0.2) is 4.99 Å². The first-order chi connectivity index (χ1) is 10.2. The third-order valence-electron chi connectivity index (χ3n) is 4.50. The van der Waals surface area contributed by atoms with Crippen LogP contribution in [0.25, 0.3) is 0 Å². The summed E-state index contributed by atoms with van der Waals surface area (Å²) < 4.78 is 0. The van der Waals surface area contributed by atoms with Gasteiger partial charge in [-0.15, -0.1) is 24.0 Å². The fraction of sp³-hybridized carbons (Fsp3) is 0.867. The number of aliphatic hydroxyl groups excluding tert-OH is 1. The molecule has 1 aliphatic carbocycles. The molecule has 0 aromatic rings. The predicted octanol–water partition coefficient (Wildman–Crippen LogP) is 0.989. The highest BCUT2D eigenvalue weighted by Gasteiger charge is 2.22. The standard InChI is InChI=1S/C15H28N4O2.HI/c1-16-15(19-12-7-8-14(21)17-9-12)18-10-13(20)11-5-3-2-4-6-11;/h11-13,20H,2-10H2,1H3,(H,17,21)(H2,16,18,19);1H. The van der Waals surface area contributed by atoms with Crippen molar-refractivity contribution in [2.24, 2.45) is 10.9 Å². The molecule has 0 aromatic heterocycles. The lowest BCUT2D eigenvalue weighted by atomic mass is 9.85. The van der Waals surface area contributed by atoms with Crippen LogP contribution in [0.2, 0.25) is 0 Å². The first-order valence-electron chi connectivity index (χ1n) is 8.11. The van der Waals surface area contributed by atoms with E-state index in [1.54, 1.807) is 7.05 Å². The molecule has 6 nitrogen and oxygen atoms in total. The van der Waals surface area contributed by atoms with Gasteiger partial charge in [0, 0.05) is 32.6 Å². The van der Waals surface area contributed by atoms with E-state index in [1.165, 1.54) is 19.3 Å². The summed E-state index contributed by atoms with van der Waals surface area (Å²) in [5.74, 6) is 1.23. The van der Waals surface area contributed by atoms with E-state index in [4.69, 9.17) is 0 Å². The second-order valence-corrected chi connectivity index (χ2v) is 6.10. The normalized spacial score (nSPS) is 24.9. The second kappa shape index (κ2) is 10.3. The highest BCUT2D eigenvalue weighted by Crippen LogP contribution is 2.26. The molecule has 1 amide bonds. The molecule has 0 spiro atoms. The fourth-order valence-corrected chi connectivity index (χ4v) is 3.13. The molecule has 1 heterocycles. The average Bonchev–Trinajstić information content (AvgIpc) is 2.53. The van der Waals surface area contributed by atoms with E-state index < -0.39 is 0 Å². The molecule has 2 fully saturated rings. The maximum absolute atomic E-state index is 11.1. The maximum Gasteiger partial charge on any atom is 0.220 e. The Kier molecular flexibility index (Phi) is 9.08. The molecule has 2 rings (SSSR count). The number of nitrogens with one attached hydrogen (secondary N) is 3. The van der Waals surface area contributed by atoms with Crippen LogP contribution in [0, 0.1) is 5.92 Å². The first kappa shape index (κ1) is 19.5. The van der Waals surface area contributed by atoms with E-state index >= 15 is 0 Å². The molecule has 0 radical (unpaired) electrons. The van der Waals surface area contributed by atoms with E-state index in [9.17, 15) is 9.90 Å². The summed E-state index contributed by atoms with van der Waals surface area (Å²) in [6.45, 7) is 1.16. The van der Waals surface area contributed by atoms with Crippen LogP contribution >= 0.6 is 24.0 Å². The van der Waals surface area contributed by atoms with Crippen LogP contribution in [0.1, 0.15) is 44.9 Å². The van der Waals surface area contributed by atoms with Gasteiger partial charge in [-0.1, -0.05) is 19.3 Å². The van der Waals surface area contributed by atoms with Crippen molar-refractivity contribution in [1.29, 1.82) is 0 Å². The third kappa shape index (κ3) is 6.28. The van der Waals surface area contributed by atoms with Gasteiger partial charge >= 0.3 is 0 Å². The highest BCUT2D eigenvalue weighted by molar-refractivity contribution is 14.0. The lowest BCUT2D eigenvalue weighted by Crippen LogP contribution is -2.52. The topological polar surface area (TPSA) is 85.8 Å². The first-order valence-corrected chi connectivity index (χ1v) is 8.11. The van der Waals surface area contributed by atoms with Crippen molar-refractivity contribution in [3.63, 3.8) is 0 Å². The zero-order valence-electron chi connectivity index (χ0n) is 13.3. The van der Waals surface area contributed by atoms with Gasteiger partial charge in [0.15, 0.2) is 5.96 Å². The molecule has 2 atom stereocenters. The summed E-state index contributed by atoms with van der Waals surface area (Å²) in [6.07, 6.45) is 7.08. The Balaban J connectivity index is 0.00000242. The summed E-state index contributed by atoms with van der Waals surface area (Å²) in [4.78, 5) is 15.3. The molecule has 22 heavy (non-hydrogen) atoms. The largest absolute Gasteiger partial charge is 0.391 e. The molecular weight excluding hydrogens is 395 g/mol. The summed E-state index contributed by atoms with van der Waals surface area (Å²) >= 11 is 0. The van der Waals surface area contributed by atoms with Gasteiger partial charge in [-0.05, 0) is 25.2 Å². The number of hydrogen-bond donors (Lipinski definition) is 4. The Morgan fingerprint density at radius 2 is 2.09 bits per heavy atom. The molecule has 4 N–H and O–H groups in total. The molecule has 0 aromatic carbocycles. The zero-order valence-corrected chi connectivity index (χ0v) is 15.6. The quantitative estimate of drug-likeness (QED) is 0.308. The third-order valence-corrected chi connectivity index (χ3v) is 4.50. The minimum absolute atomic E-state index is 0. The number of nitrogens with zero attached hydrogens (tertiary/aromatic N) is 1. The Hall–Kier alpha value is -0.570. The van der Waals surface area contributed by atoms with E-state index in [0.717, 1.165) is 19.3 Å². The molecule has 0 bridgehead atoms. The van der Waals surface area contributed by atoms with Crippen molar-refractivity contribution >= 4 is 35.8 Å². The van der Waals surface area contributed by atoms with E-state index in [1.807, 2.05) is 0 Å². The number of hydrogen-bond acceptors (Lipinski definition) is 3. The number of guanidine groups is 1. The van der Waals surface area contributed by atoms with Crippen LogP contribution in [-0.2, 0) is 4.79 Å². The monoisotopic (exact) mass is 424 g/mol. The summed E-state index contributed by atoms with van der Waals surface area (Å²) in [7, 11) is 1.73. The molecular formula is C15H29IN4O2. The van der Waals surface area contributed by atoms with Crippen LogP contribution in [0.4, 0.5) is 0 Å². The SMILES string of the molecule is CN=C(NCC(O)C1CCCCC1)NC1CCC(=O)NC1.I. The molecule has 7 heteroatoms. The van der Waals surface area contributed by atoms with Crippen LogP contribution in [-0.4, -0.2) is 49.3 Å². The molecule has 1 aliphatic heterocycles. The number of amides is 1. The summed E-state index contributed by atoms with van der Waals surface area (Å²) in [5, 5.41) is 19.6. The Labute approximate surface area is 149 Å².